The van der Waals surface area contributed by atoms with Gasteiger partial charge in [0, 0.05) is 5.92 Å². The van der Waals surface area contributed by atoms with Crippen molar-refractivity contribution in [2.24, 2.45) is 17.8 Å². The number of alkyl halides is 6. The Balaban J connectivity index is 1.29. The Labute approximate surface area is 266 Å². The molecule has 0 bridgehead atoms. The van der Waals surface area contributed by atoms with Gasteiger partial charge in [-0.1, -0.05) is 42.8 Å². The summed E-state index contributed by atoms with van der Waals surface area (Å²) in [4.78, 5) is 27.9. The van der Waals surface area contributed by atoms with Crippen LogP contribution in [-0.4, -0.2) is 29.6 Å². The summed E-state index contributed by atoms with van der Waals surface area (Å²) in [7, 11) is 0. The first-order valence-corrected chi connectivity index (χ1v) is 15.3. The largest absolute Gasteiger partial charge is 0.459 e. The maximum Gasteiger partial charge on any atom is 0.416 e. The lowest BCUT2D eigenvalue weighted by Crippen LogP contribution is -2.34. The number of hydrogen-bond acceptors (Lipinski definition) is 5. The van der Waals surface area contributed by atoms with Crippen LogP contribution in [0, 0.1) is 17.8 Å². The van der Waals surface area contributed by atoms with E-state index in [1.54, 1.807) is 12.1 Å². The maximum atomic E-state index is 13.8. The lowest BCUT2D eigenvalue weighted by atomic mass is 9.69. The van der Waals surface area contributed by atoms with Gasteiger partial charge >= 0.3 is 12.4 Å². The molecule has 12 heteroatoms. The van der Waals surface area contributed by atoms with Gasteiger partial charge in [0.05, 0.1) is 41.4 Å². The van der Waals surface area contributed by atoms with Crippen molar-refractivity contribution >= 4 is 29.2 Å². The molecule has 0 radical (unpaired) electrons. The maximum absolute atomic E-state index is 13.8. The minimum atomic E-state index is -5.13. The van der Waals surface area contributed by atoms with Crippen LogP contribution >= 0.6 is 0 Å². The fraction of sp³-hybridized carbons (Fsp3) is 0.371. The third kappa shape index (κ3) is 6.28. The molecule has 47 heavy (non-hydrogen) atoms. The zero-order chi connectivity index (χ0) is 33.7. The van der Waals surface area contributed by atoms with Crippen LogP contribution in [0.2, 0.25) is 0 Å². The van der Waals surface area contributed by atoms with Gasteiger partial charge in [-0.3, -0.25) is 9.59 Å². The molecule has 1 N–H and O–H groups in total. The number of amides is 2. The van der Waals surface area contributed by atoms with Gasteiger partial charge in [-0.15, -0.1) is 0 Å². The van der Waals surface area contributed by atoms with Crippen LogP contribution < -0.4 is 4.90 Å². The third-order valence-corrected chi connectivity index (χ3v) is 9.24. The highest BCUT2D eigenvalue weighted by molar-refractivity contribution is 6.22. The van der Waals surface area contributed by atoms with Crippen LogP contribution in [0.3, 0.4) is 0 Å². The SMILES string of the molecule is CCC1=C2[C@@H](CC/C(=C/c3ccc(CO)o3)c3ccccc3)OC[C@@H]2[C@@H]2C(=O)N(c3cc(C(F)(F)F)cc(C(F)(F)F)c3)C(=O)[C@@H]2C1. The molecule has 3 heterocycles. The van der Waals surface area contributed by atoms with E-state index in [9.17, 15) is 41.0 Å². The average Bonchev–Trinajstić information content (AvgIpc) is 3.74. The molecule has 1 aliphatic carbocycles. The van der Waals surface area contributed by atoms with E-state index in [0.717, 1.165) is 22.3 Å². The number of halogens is 6. The average molecular weight is 660 g/mol. The van der Waals surface area contributed by atoms with Crippen molar-refractivity contribution in [3.8, 4) is 0 Å². The summed E-state index contributed by atoms with van der Waals surface area (Å²) in [6, 6.07) is 13.9. The number of furan rings is 1. The monoisotopic (exact) mass is 659 g/mol. The van der Waals surface area contributed by atoms with Crippen molar-refractivity contribution in [1.29, 1.82) is 0 Å². The molecule has 0 spiro atoms. The highest BCUT2D eigenvalue weighted by atomic mass is 19.4. The summed E-state index contributed by atoms with van der Waals surface area (Å²) in [5.41, 5.74) is -0.267. The molecule has 0 saturated carbocycles. The fourth-order valence-corrected chi connectivity index (χ4v) is 7.10. The predicted molar refractivity (Wildman–Crippen MR) is 159 cm³/mol. The van der Waals surface area contributed by atoms with Gasteiger partial charge in [0.25, 0.3) is 0 Å². The summed E-state index contributed by atoms with van der Waals surface area (Å²) in [5.74, 6) is -3.07. The lowest BCUT2D eigenvalue weighted by Gasteiger charge is -2.31. The van der Waals surface area contributed by atoms with Gasteiger partial charge in [0.15, 0.2) is 0 Å². The Morgan fingerprint density at radius 2 is 1.62 bits per heavy atom. The number of benzene rings is 2. The molecule has 4 atom stereocenters. The van der Waals surface area contributed by atoms with Crippen LogP contribution in [0.1, 0.15) is 60.8 Å². The number of rotatable bonds is 8. The van der Waals surface area contributed by atoms with Crippen molar-refractivity contribution in [2.75, 3.05) is 11.5 Å². The van der Waals surface area contributed by atoms with Crippen LogP contribution in [0.5, 0.6) is 0 Å². The van der Waals surface area contributed by atoms with Gasteiger partial charge in [0.1, 0.15) is 18.1 Å². The number of imide groups is 1. The minimum absolute atomic E-state index is 0.0264. The molecular weight excluding hydrogens is 628 g/mol. The smallest absolute Gasteiger partial charge is 0.416 e. The summed E-state index contributed by atoms with van der Waals surface area (Å²) >= 11 is 0. The quantitative estimate of drug-likeness (QED) is 0.150. The standard InChI is InChI=1S/C35H31F6NO5/c1-2-19-13-27-31(33(45)42(32(27)44)24-15-22(34(36,37)38)14-23(16-24)35(39,40)41)28-18-46-29(30(19)28)11-8-21(20-6-4-3-5-7-20)12-25-9-10-26(17-43)47-25/h3-7,9-10,12,14-16,27-29,31,43H,2,8,11,13,17-18H2,1H3/b21-12-/t27-,28+,29-,31-/m1/s1. The Kier molecular flexibility index (Phi) is 8.69. The predicted octanol–water partition coefficient (Wildman–Crippen LogP) is 8.06. The molecule has 2 aliphatic heterocycles. The van der Waals surface area contributed by atoms with E-state index in [1.807, 2.05) is 43.3 Å². The first-order chi connectivity index (χ1) is 22.3. The molecule has 6 rings (SSSR count). The number of nitrogens with zero attached hydrogens (tertiary/aromatic N) is 1. The van der Waals surface area contributed by atoms with Crippen molar-refractivity contribution in [1.82, 2.24) is 0 Å². The minimum Gasteiger partial charge on any atom is -0.459 e. The first kappa shape index (κ1) is 32.8. The number of ether oxygens (including phenoxy) is 1. The fourth-order valence-electron chi connectivity index (χ4n) is 7.10. The van der Waals surface area contributed by atoms with Crippen LogP contribution in [-0.2, 0) is 33.3 Å². The first-order valence-electron chi connectivity index (χ1n) is 15.3. The molecule has 248 valence electrons. The highest BCUT2D eigenvalue weighted by Gasteiger charge is 2.57. The van der Waals surface area contributed by atoms with E-state index in [4.69, 9.17) is 9.15 Å². The molecule has 2 saturated heterocycles. The van der Waals surface area contributed by atoms with Crippen LogP contribution in [0.15, 0.2) is 76.2 Å². The number of carbonyl (C=O) groups excluding carboxylic acids is 2. The molecule has 0 unspecified atom stereocenters. The lowest BCUT2D eigenvalue weighted by molar-refractivity contribution is -0.143. The van der Waals surface area contributed by atoms with Gasteiger partial charge < -0.3 is 14.3 Å². The Morgan fingerprint density at radius 1 is 0.936 bits per heavy atom. The second-order valence-corrected chi connectivity index (χ2v) is 12.0. The molecule has 2 fully saturated rings. The molecule has 6 nitrogen and oxygen atoms in total. The van der Waals surface area contributed by atoms with E-state index in [0.29, 0.717) is 47.8 Å². The summed E-state index contributed by atoms with van der Waals surface area (Å²) in [6.07, 6.45) is -7.03. The number of carbonyl (C=O) groups is 2. The van der Waals surface area contributed by atoms with Crippen molar-refractivity contribution in [2.45, 2.75) is 57.7 Å². The zero-order valence-corrected chi connectivity index (χ0v) is 25.2. The Bertz CT molecular complexity index is 1710. The second-order valence-electron chi connectivity index (χ2n) is 12.0. The molecule has 2 amide bonds. The number of allylic oxidation sites excluding steroid dienone is 2. The number of aliphatic hydroxyl groups is 1. The second kappa shape index (κ2) is 12.5. The normalized spacial score (nSPS) is 23.5. The molecule has 3 aliphatic rings. The summed E-state index contributed by atoms with van der Waals surface area (Å²) in [6.45, 7) is 1.76. The summed E-state index contributed by atoms with van der Waals surface area (Å²) < 4.78 is 93.6. The molecular formula is C35H31F6NO5. The van der Waals surface area contributed by atoms with E-state index < -0.39 is 64.8 Å². The topological polar surface area (TPSA) is 80.0 Å². The Morgan fingerprint density at radius 3 is 2.21 bits per heavy atom. The van der Waals surface area contributed by atoms with Crippen molar-refractivity contribution in [3.63, 3.8) is 0 Å². The molecule has 1 aromatic heterocycles. The number of fused-ring (bicyclic) bond motifs is 3. The molecule has 2 aromatic carbocycles. The van der Waals surface area contributed by atoms with E-state index in [2.05, 4.69) is 0 Å². The Hall–Kier alpha value is -4.16. The van der Waals surface area contributed by atoms with E-state index in [-0.39, 0.29) is 25.7 Å². The van der Waals surface area contributed by atoms with Gasteiger partial charge in [-0.25, -0.2) is 4.90 Å². The number of aliphatic hydroxyl groups excluding tert-OH is 1. The van der Waals surface area contributed by atoms with Crippen LogP contribution in [0.25, 0.3) is 11.6 Å². The number of anilines is 1. The van der Waals surface area contributed by atoms with E-state index in [1.165, 1.54) is 0 Å². The zero-order valence-electron chi connectivity index (χ0n) is 25.2. The highest BCUT2D eigenvalue weighted by Crippen LogP contribution is 2.52. The molecule has 3 aromatic rings. The van der Waals surface area contributed by atoms with Crippen LogP contribution in [0.4, 0.5) is 32.0 Å². The van der Waals surface area contributed by atoms with Crippen molar-refractivity contribution in [3.05, 3.63) is 100 Å². The summed E-state index contributed by atoms with van der Waals surface area (Å²) in [5, 5.41) is 9.40. The van der Waals surface area contributed by atoms with E-state index >= 15 is 0 Å². The van der Waals surface area contributed by atoms with Gasteiger partial charge in [-0.2, -0.15) is 26.3 Å². The third-order valence-electron chi connectivity index (χ3n) is 9.24. The number of hydrogen-bond donors (Lipinski definition) is 1. The van der Waals surface area contributed by atoms with Gasteiger partial charge in [-0.05, 0) is 78.8 Å². The van der Waals surface area contributed by atoms with Crippen molar-refractivity contribution < 1.29 is 50.2 Å². The van der Waals surface area contributed by atoms with Gasteiger partial charge in [0.2, 0.25) is 11.8 Å².